The van der Waals surface area contributed by atoms with Gasteiger partial charge < -0.3 is 26.1 Å². The molecule has 1 aromatic carbocycles. The molecule has 0 saturated carbocycles. The molecule has 138 valence electrons. The van der Waals surface area contributed by atoms with E-state index in [-0.39, 0.29) is 41.7 Å². The first-order chi connectivity index (χ1) is 12.2. The number of nitrogens with two attached hydrogens (primary N) is 1. The maximum absolute atomic E-state index is 11.9. The summed E-state index contributed by atoms with van der Waals surface area (Å²) in [6, 6.07) is 1.14. The first-order valence-corrected chi connectivity index (χ1v) is 7.37. The van der Waals surface area contributed by atoms with Crippen molar-refractivity contribution in [3.8, 4) is 0 Å². The number of carbonyl (C=O) groups excluding carboxylic acids is 1. The van der Waals surface area contributed by atoms with E-state index in [9.17, 15) is 29.3 Å². The highest BCUT2D eigenvalue weighted by Gasteiger charge is 2.17. The lowest BCUT2D eigenvalue weighted by atomic mass is 10.1. The second kappa shape index (κ2) is 7.57. The fourth-order valence-electron chi connectivity index (χ4n) is 2.25. The van der Waals surface area contributed by atoms with Gasteiger partial charge in [0, 0.05) is 30.7 Å². The number of nitrogens with one attached hydrogen (secondary N) is 3. The molecule has 1 unspecified atom stereocenters. The van der Waals surface area contributed by atoms with Crippen LogP contribution >= 0.6 is 0 Å². The van der Waals surface area contributed by atoms with Gasteiger partial charge in [0.2, 0.25) is 5.91 Å². The van der Waals surface area contributed by atoms with E-state index in [2.05, 4.69) is 15.3 Å². The fraction of sp³-hybridized carbons (Fsp3) is 0.286. The van der Waals surface area contributed by atoms with Gasteiger partial charge in [0.15, 0.2) is 0 Å². The van der Waals surface area contributed by atoms with Crippen LogP contribution in [0.4, 0.5) is 5.69 Å². The van der Waals surface area contributed by atoms with Crippen LogP contribution in [0.2, 0.25) is 0 Å². The molecule has 0 aliphatic rings. The smallest absolute Gasteiger partial charge is 0.314 e. The first-order valence-electron chi connectivity index (χ1n) is 7.37. The van der Waals surface area contributed by atoms with Crippen molar-refractivity contribution in [1.82, 2.24) is 15.3 Å². The van der Waals surface area contributed by atoms with Crippen molar-refractivity contribution in [1.29, 1.82) is 0 Å². The maximum Gasteiger partial charge on any atom is 0.314 e. The van der Waals surface area contributed by atoms with Gasteiger partial charge in [0.25, 0.3) is 5.69 Å². The summed E-state index contributed by atoms with van der Waals surface area (Å²) in [5, 5.41) is 22.0. The van der Waals surface area contributed by atoms with Crippen LogP contribution in [-0.2, 0) is 16.1 Å². The molecule has 1 amide bonds. The number of rotatable bonds is 7. The summed E-state index contributed by atoms with van der Waals surface area (Å²) in [7, 11) is 0. The van der Waals surface area contributed by atoms with Crippen LogP contribution in [0.5, 0.6) is 0 Å². The number of non-ortho nitro benzene ring substituents is 1. The third-order valence-corrected chi connectivity index (χ3v) is 3.57. The molecule has 2 aromatic rings. The minimum absolute atomic E-state index is 0.0308. The number of carboxylic acid groups (broad SMARTS) is 1. The zero-order valence-corrected chi connectivity index (χ0v) is 13.3. The fourth-order valence-corrected chi connectivity index (χ4v) is 2.25. The van der Waals surface area contributed by atoms with Crippen LogP contribution in [0.15, 0.2) is 21.7 Å². The van der Waals surface area contributed by atoms with Gasteiger partial charge in [-0.1, -0.05) is 0 Å². The molecule has 0 fully saturated rings. The van der Waals surface area contributed by atoms with E-state index < -0.39 is 34.0 Å². The zero-order chi connectivity index (χ0) is 19.4. The summed E-state index contributed by atoms with van der Waals surface area (Å²) in [4.78, 5) is 60.2. The van der Waals surface area contributed by atoms with E-state index in [0.29, 0.717) is 0 Å². The number of carboxylic acids is 1. The van der Waals surface area contributed by atoms with E-state index in [1.54, 1.807) is 0 Å². The Morgan fingerprint density at radius 3 is 2.54 bits per heavy atom. The van der Waals surface area contributed by atoms with E-state index in [1.807, 2.05) is 0 Å². The number of nitrogens with zero attached hydrogens (tertiary/aromatic N) is 1. The second-order valence-electron chi connectivity index (χ2n) is 5.45. The third-order valence-electron chi connectivity index (χ3n) is 3.57. The molecule has 0 saturated heterocycles. The van der Waals surface area contributed by atoms with Crippen molar-refractivity contribution in [2.75, 3.05) is 0 Å². The number of fused-ring (bicyclic) bond motifs is 1. The number of H-pyrrole nitrogens is 2. The van der Waals surface area contributed by atoms with Crippen LogP contribution in [-0.4, -0.2) is 37.9 Å². The van der Waals surface area contributed by atoms with Crippen molar-refractivity contribution in [2.45, 2.75) is 25.4 Å². The van der Waals surface area contributed by atoms with Gasteiger partial charge in [0.05, 0.1) is 22.0 Å². The predicted molar refractivity (Wildman–Crippen MR) is 88.5 cm³/mol. The summed E-state index contributed by atoms with van der Waals surface area (Å²) >= 11 is 0. The highest BCUT2D eigenvalue weighted by molar-refractivity contribution is 5.84. The highest BCUT2D eigenvalue weighted by Crippen LogP contribution is 2.21. The van der Waals surface area contributed by atoms with E-state index in [4.69, 9.17) is 10.8 Å². The minimum atomic E-state index is -1.10. The molecule has 0 radical (unpaired) electrons. The van der Waals surface area contributed by atoms with Gasteiger partial charge in [-0.05, 0) is 6.42 Å². The van der Waals surface area contributed by atoms with Crippen LogP contribution in [0, 0.1) is 10.1 Å². The van der Waals surface area contributed by atoms with Crippen molar-refractivity contribution >= 4 is 28.6 Å². The Bertz CT molecular complexity index is 993. The van der Waals surface area contributed by atoms with Crippen LogP contribution < -0.4 is 22.2 Å². The molecular weight excluding hydrogens is 350 g/mol. The average Bonchev–Trinajstić information content (AvgIpc) is 2.58. The van der Waals surface area contributed by atoms with Gasteiger partial charge in [-0.2, -0.15) is 0 Å². The Labute approximate surface area is 144 Å². The average molecular weight is 365 g/mol. The number of aromatic nitrogens is 2. The molecule has 12 heteroatoms. The van der Waals surface area contributed by atoms with Crippen molar-refractivity contribution < 1.29 is 19.6 Å². The Morgan fingerprint density at radius 1 is 1.27 bits per heavy atom. The number of nitro groups is 1. The molecule has 6 N–H and O–H groups in total. The highest BCUT2D eigenvalue weighted by atomic mass is 16.6. The Kier molecular flexibility index (Phi) is 5.47. The molecule has 1 aromatic heterocycles. The number of aromatic amines is 2. The summed E-state index contributed by atoms with van der Waals surface area (Å²) in [6.45, 7) is -0.222. The second-order valence-corrected chi connectivity index (χ2v) is 5.45. The Hall–Kier alpha value is -3.54. The standard InChI is InChI=1S/C14H15N5O7/c15-8(1-2-10(20)21)12(22)16-5-6-3-7(19(25)26)4-9-11(6)18-14(24)13(23)17-9/h3-4,8H,1-2,5,15H2,(H,16,22)(H,17,23)(H,18,24)(H,20,21). The van der Waals surface area contributed by atoms with Gasteiger partial charge in [-0.15, -0.1) is 0 Å². The number of nitro benzene ring substituents is 1. The molecule has 0 spiro atoms. The van der Waals surface area contributed by atoms with Gasteiger partial charge in [-0.3, -0.25) is 29.3 Å². The molecule has 0 aliphatic heterocycles. The molecule has 1 heterocycles. The van der Waals surface area contributed by atoms with Crippen LogP contribution in [0.25, 0.3) is 11.0 Å². The lowest BCUT2D eigenvalue weighted by Gasteiger charge is -2.12. The van der Waals surface area contributed by atoms with Crippen molar-refractivity contribution in [3.63, 3.8) is 0 Å². The molecule has 0 aliphatic carbocycles. The number of amides is 1. The molecule has 26 heavy (non-hydrogen) atoms. The minimum Gasteiger partial charge on any atom is -0.481 e. The normalized spacial score (nSPS) is 11.9. The maximum atomic E-state index is 11.9. The summed E-state index contributed by atoms with van der Waals surface area (Å²) in [6.07, 6.45) is -0.371. The number of hydrogen-bond donors (Lipinski definition) is 5. The molecular formula is C14H15N5O7. The number of hydrogen-bond acceptors (Lipinski definition) is 7. The molecule has 0 bridgehead atoms. The topological polar surface area (TPSA) is 201 Å². The van der Waals surface area contributed by atoms with Crippen LogP contribution in [0.3, 0.4) is 0 Å². The van der Waals surface area contributed by atoms with E-state index in [1.165, 1.54) is 0 Å². The van der Waals surface area contributed by atoms with E-state index >= 15 is 0 Å². The molecule has 2 rings (SSSR count). The number of aliphatic carboxylic acids is 1. The first kappa shape index (κ1) is 18.8. The SMILES string of the molecule is NC(CCC(=O)O)C(=O)NCc1cc([N+](=O)[O-])cc2[nH]c(=O)c(=O)[nH]c12. The van der Waals surface area contributed by atoms with Gasteiger partial charge >= 0.3 is 17.1 Å². The molecule has 1 atom stereocenters. The van der Waals surface area contributed by atoms with Crippen LogP contribution in [0.1, 0.15) is 18.4 Å². The monoisotopic (exact) mass is 365 g/mol. The number of carbonyl (C=O) groups is 2. The van der Waals surface area contributed by atoms with Crippen molar-refractivity contribution in [2.24, 2.45) is 5.73 Å². The predicted octanol–water partition coefficient (Wildman–Crippen LogP) is -1.07. The van der Waals surface area contributed by atoms with Gasteiger partial charge in [-0.25, -0.2) is 0 Å². The number of benzene rings is 1. The zero-order valence-electron chi connectivity index (χ0n) is 13.3. The summed E-state index contributed by atoms with van der Waals surface area (Å²) < 4.78 is 0. The van der Waals surface area contributed by atoms with Gasteiger partial charge in [0.1, 0.15) is 0 Å². The van der Waals surface area contributed by atoms with E-state index in [0.717, 1.165) is 12.1 Å². The van der Waals surface area contributed by atoms with Crippen molar-refractivity contribution in [3.05, 3.63) is 48.5 Å². The third kappa shape index (κ3) is 4.30. The largest absolute Gasteiger partial charge is 0.481 e. The summed E-state index contributed by atoms with van der Waals surface area (Å²) in [5.74, 6) is -1.75. The lowest BCUT2D eigenvalue weighted by Crippen LogP contribution is -2.40. The Balaban J connectivity index is 2.30. The Morgan fingerprint density at radius 2 is 1.92 bits per heavy atom. The quantitative estimate of drug-likeness (QED) is 0.232. The molecule has 12 nitrogen and oxygen atoms in total. The summed E-state index contributed by atoms with van der Waals surface area (Å²) in [5.41, 5.74) is 3.65. The lowest BCUT2D eigenvalue weighted by molar-refractivity contribution is -0.384.